The first-order valence-corrected chi connectivity index (χ1v) is 10.6. The minimum absolute atomic E-state index is 0.888. The van der Waals surface area contributed by atoms with Crippen LogP contribution in [-0.2, 0) is 6.54 Å². The van der Waals surface area contributed by atoms with E-state index in [0.29, 0.717) is 0 Å². The maximum atomic E-state index is 4.48. The zero-order valence-corrected chi connectivity index (χ0v) is 16.6. The first kappa shape index (κ1) is 20.5. The Bertz CT molecular complexity index is 598. The van der Waals surface area contributed by atoms with E-state index < -0.39 is 0 Å². The van der Waals surface area contributed by atoms with Gasteiger partial charge in [0.05, 0.1) is 0 Å². The van der Waals surface area contributed by atoms with E-state index in [9.17, 15) is 0 Å². The summed E-state index contributed by atoms with van der Waals surface area (Å²) in [6, 6.07) is 10.6. The number of hydrogen-bond donors (Lipinski definition) is 0. The van der Waals surface area contributed by atoms with Crippen LogP contribution in [0.15, 0.2) is 48.8 Å². The van der Waals surface area contributed by atoms with Gasteiger partial charge in [0, 0.05) is 18.9 Å². The van der Waals surface area contributed by atoms with Crippen molar-refractivity contribution in [3.8, 4) is 0 Å². The van der Waals surface area contributed by atoms with Crippen molar-refractivity contribution in [2.75, 3.05) is 0 Å². The third-order valence-electron chi connectivity index (χ3n) is 4.93. The van der Waals surface area contributed by atoms with Gasteiger partial charge in [-0.25, -0.2) is 4.98 Å². The Morgan fingerprint density at radius 2 is 1.50 bits per heavy atom. The number of rotatable bonds is 14. The van der Waals surface area contributed by atoms with Crippen LogP contribution < -0.4 is 0 Å². The van der Waals surface area contributed by atoms with Crippen molar-refractivity contribution in [1.82, 2.24) is 9.55 Å². The molecule has 0 amide bonds. The molecule has 0 saturated carbocycles. The van der Waals surface area contributed by atoms with Crippen LogP contribution in [0.4, 0.5) is 0 Å². The molecular formula is C24H36N2. The molecule has 142 valence electrons. The molecule has 2 aromatic rings. The van der Waals surface area contributed by atoms with Crippen molar-refractivity contribution >= 4 is 6.08 Å². The van der Waals surface area contributed by atoms with Gasteiger partial charge in [-0.05, 0) is 24.5 Å². The Hall–Kier alpha value is -1.83. The summed E-state index contributed by atoms with van der Waals surface area (Å²) >= 11 is 0. The molecule has 1 heterocycles. The molecule has 0 saturated heterocycles. The normalized spacial score (nSPS) is 11.4. The highest BCUT2D eigenvalue weighted by molar-refractivity contribution is 5.40. The van der Waals surface area contributed by atoms with Crippen molar-refractivity contribution in [2.24, 2.45) is 0 Å². The Kier molecular flexibility index (Phi) is 10.5. The third-order valence-corrected chi connectivity index (χ3v) is 4.93. The molecule has 2 rings (SSSR count). The molecule has 0 N–H and O–H groups in total. The van der Waals surface area contributed by atoms with E-state index in [4.69, 9.17) is 0 Å². The summed E-state index contributed by atoms with van der Waals surface area (Å²) in [5, 5.41) is 0. The van der Waals surface area contributed by atoms with Gasteiger partial charge in [-0.1, -0.05) is 101 Å². The Morgan fingerprint density at radius 1 is 0.846 bits per heavy atom. The van der Waals surface area contributed by atoms with Crippen molar-refractivity contribution in [3.05, 3.63) is 60.2 Å². The number of benzene rings is 1. The smallest absolute Gasteiger partial charge is 0.132 e. The van der Waals surface area contributed by atoms with Gasteiger partial charge in [0.1, 0.15) is 5.82 Å². The summed E-state index contributed by atoms with van der Waals surface area (Å²) in [7, 11) is 0. The minimum Gasteiger partial charge on any atom is -0.327 e. The third kappa shape index (κ3) is 8.51. The molecule has 26 heavy (non-hydrogen) atoms. The monoisotopic (exact) mass is 352 g/mol. The van der Waals surface area contributed by atoms with Crippen molar-refractivity contribution in [1.29, 1.82) is 0 Å². The molecule has 0 atom stereocenters. The quantitative estimate of drug-likeness (QED) is 0.327. The molecule has 0 unspecified atom stereocenters. The highest BCUT2D eigenvalue weighted by Crippen LogP contribution is 2.12. The van der Waals surface area contributed by atoms with Gasteiger partial charge in [-0.2, -0.15) is 0 Å². The summed E-state index contributed by atoms with van der Waals surface area (Å²) in [5.41, 5.74) is 1.31. The summed E-state index contributed by atoms with van der Waals surface area (Å²) < 4.78 is 2.21. The van der Waals surface area contributed by atoms with E-state index in [2.05, 4.69) is 65.2 Å². The van der Waals surface area contributed by atoms with Gasteiger partial charge >= 0.3 is 0 Å². The highest BCUT2D eigenvalue weighted by atomic mass is 15.0. The van der Waals surface area contributed by atoms with E-state index in [1.807, 2.05) is 6.20 Å². The van der Waals surface area contributed by atoms with Crippen molar-refractivity contribution in [3.63, 3.8) is 0 Å². The summed E-state index contributed by atoms with van der Waals surface area (Å²) in [4.78, 5) is 4.48. The Balaban J connectivity index is 1.55. The lowest BCUT2D eigenvalue weighted by atomic mass is 10.1. The predicted molar refractivity (Wildman–Crippen MR) is 113 cm³/mol. The van der Waals surface area contributed by atoms with Crippen molar-refractivity contribution in [2.45, 2.75) is 84.1 Å². The van der Waals surface area contributed by atoms with E-state index in [-0.39, 0.29) is 0 Å². The van der Waals surface area contributed by atoms with Gasteiger partial charge in [-0.15, -0.1) is 0 Å². The standard InChI is InChI=1S/C24H36N2/c1-2-3-4-5-6-7-8-9-10-11-12-16-19-24-25-20-21-26(24)22-23-17-14-13-15-18-23/h13-21H,2-12,22H2,1H3. The molecule has 2 nitrogen and oxygen atoms in total. The molecule has 1 aromatic heterocycles. The first-order chi connectivity index (χ1) is 12.9. The number of hydrogen-bond acceptors (Lipinski definition) is 1. The molecule has 0 aliphatic heterocycles. The Labute approximate surface area is 160 Å². The van der Waals surface area contributed by atoms with E-state index >= 15 is 0 Å². The van der Waals surface area contributed by atoms with Crippen LogP contribution in [0.2, 0.25) is 0 Å². The van der Waals surface area contributed by atoms with Crippen LogP contribution in [0.3, 0.4) is 0 Å². The largest absolute Gasteiger partial charge is 0.327 e. The summed E-state index contributed by atoms with van der Waals surface area (Å²) in [6.45, 7) is 3.17. The van der Waals surface area contributed by atoms with Gasteiger partial charge in [-0.3, -0.25) is 0 Å². The van der Waals surface area contributed by atoms with Gasteiger partial charge < -0.3 is 4.57 Å². The molecular weight excluding hydrogens is 316 g/mol. The molecule has 0 fully saturated rings. The fraction of sp³-hybridized carbons (Fsp3) is 0.542. The zero-order valence-electron chi connectivity index (χ0n) is 16.6. The van der Waals surface area contributed by atoms with Crippen molar-refractivity contribution < 1.29 is 0 Å². The molecule has 2 heteroatoms. The lowest BCUT2D eigenvalue weighted by Gasteiger charge is -2.05. The van der Waals surface area contributed by atoms with Crippen LogP contribution in [0.5, 0.6) is 0 Å². The number of allylic oxidation sites excluding steroid dienone is 1. The second-order valence-electron chi connectivity index (χ2n) is 7.27. The fourth-order valence-electron chi connectivity index (χ4n) is 3.33. The number of aromatic nitrogens is 2. The molecule has 0 aliphatic rings. The first-order valence-electron chi connectivity index (χ1n) is 10.6. The molecule has 0 aliphatic carbocycles. The molecule has 0 radical (unpaired) electrons. The van der Waals surface area contributed by atoms with E-state index in [0.717, 1.165) is 18.8 Å². The lowest BCUT2D eigenvalue weighted by Crippen LogP contribution is -2.00. The fourth-order valence-corrected chi connectivity index (χ4v) is 3.33. The maximum Gasteiger partial charge on any atom is 0.132 e. The maximum absolute atomic E-state index is 4.48. The zero-order chi connectivity index (χ0) is 18.3. The number of nitrogens with zero attached hydrogens (tertiary/aromatic N) is 2. The molecule has 0 bridgehead atoms. The van der Waals surface area contributed by atoms with Gasteiger partial charge in [0.25, 0.3) is 0 Å². The van der Waals surface area contributed by atoms with Crippen LogP contribution in [0.25, 0.3) is 6.08 Å². The summed E-state index contributed by atoms with van der Waals surface area (Å²) in [6.07, 6.45) is 23.5. The topological polar surface area (TPSA) is 17.8 Å². The second-order valence-corrected chi connectivity index (χ2v) is 7.27. The predicted octanol–water partition coefficient (Wildman–Crippen LogP) is 7.26. The number of imidazole rings is 1. The average Bonchev–Trinajstić information content (AvgIpc) is 3.10. The SMILES string of the molecule is CCCCCCCCCCCCC=Cc1nccn1Cc1ccccc1. The van der Waals surface area contributed by atoms with Crippen LogP contribution in [-0.4, -0.2) is 9.55 Å². The van der Waals surface area contributed by atoms with Gasteiger partial charge in [0.15, 0.2) is 0 Å². The second kappa shape index (κ2) is 13.4. The van der Waals surface area contributed by atoms with Crippen LogP contribution >= 0.6 is 0 Å². The van der Waals surface area contributed by atoms with Gasteiger partial charge in [0.2, 0.25) is 0 Å². The molecule has 1 aromatic carbocycles. The van der Waals surface area contributed by atoms with Crippen LogP contribution in [0, 0.1) is 0 Å². The number of unbranched alkanes of at least 4 members (excludes halogenated alkanes) is 10. The van der Waals surface area contributed by atoms with E-state index in [1.54, 1.807) is 0 Å². The minimum atomic E-state index is 0.888. The van der Waals surface area contributed by atoms with E-state index in [1.165, 1.54) is 69.8 Å². The highest BCUT2D eigenvalue weighted by Gasteiger charge is 1.99. The molecule has 0 spiro atoms. The lowest BCUT2D eigenvalue weighted by molar-refractivity contribution is 0.558. The average molecular weight is 353 g/mol. The van der Waals surface area contributed by atoms with Crippen LogP contribution in [0.1, 0.15) is 88.9 Å². The Morgan fingerprint density at radius 3 is 2.19 bits per heavy atom. The summed E-state index contributed by atoms with van der Waals surface area (Å²) in [5.74, 6) is 1.06.